The molecular formula is C17H24FN3O2. The van der Waals surface area contributed by atoms with E-state index in [2.05, 4.69) is 15.6 Å². The van der Waals surface area contributed by atoms with Gasteiger partial charge in [-0.25, -0.2) is 9.38 Å². The molecule has 2 bridgehead atoms. The molecule has 6 heteroatoms. The van der Waals surface area contributed by atoms with E-state index >= 15 is 0 Å². The molecule has 3 N–H and O–H groups in total. The molecule has 126 valence electrons. The highest BCUT2D eigenvalue weighted by atomic mass is 19.1. The van der Waals surface area contributed by atoms with Crippen molar-refractivity contribution < 1.29 is 14.2 Å². The largest absolute Gasteiger partial charge is 0.392 e. The molecule has 2 aliphatic rings. The quantitative estimate of drug-likeness (QED) is 0.570. The lowest BCUT2D eigenvalue weighted by molar-refractivity contribution is 0.0992. The van der Waals surface area contributed by atoms with Gasteiger partial charge in [0.05, 0.1) is 31.4 Å². The van der Waals surface area contributed by atoms with Crippen LogP contribution in [0.4, 0.5) is 4.39 Å². The number of aliphatic hydroxyl groups excluding tert-OH is 1. The molecule has 0 aromatic heterocycles. The van der Waals surface area contributed by atoms with Crippen LogP contribution in [0.25, 0.3) is 0 Å². The predicted octanol–water partition coefficient (Wildman–Crippen LogP) is 1.69. The maximum atomic E-state index is 13.4. The van der Waals surface area contributed by atoms with Gasteiger partial charge in [-0.1, -0.05) is 6.07 Å². The van der Waals surface area contributed by atoms with Crippen molar-refractivity contribution in [2.75, 3.05) is 6.54 Å². The minimum atomic E-state index is -0.385. The molecule has 2 heterocycles. The zero-order valence-corrected chi connectivity index (χ0v) is 13.4. The van der Waals surface area contributed by atoms with Crippen LogP contribution in [0.3, 0.4) is 0 Å². The summed E-state index contributed by atoms with van der Waals surface area (Å²) in [6.07, 6.45) is 3.98. The van der Waals surface area contributed by atoms with E-state index in [9.17, 15) is 4.39 Å². The molecule has 3 unspecified atom stereocenters. The van der Waals surface area contributed by atoms with Crippen molar-refractivity contribution in [3.8, 4) is 0 Å². The number of guanidine groups is 1. The fraction of sp³-hybridized carbons (Fsp3) is 0.588. The Morgan fingerprint density at radius 2 is 2.30 bits per heavy atom. The smallest absolute Gasteiger partial charge is 0.191 e. The minimum absolute atomic E-state index is 0.288. The van der Waals surface area contributed by atoms with Crippen LogP contribution in [0.2, 0.25) is 0 Å². The second kappa shape index (κ2) is 7.27. The number of halogens is 1. The molecule has 0 spiro atoms. The second-order valence-electron chi connectivity index (χ2n) is 6.14. The van der Waals surface area contributed by atoms with Gasteiger partial charge in [0.1, 0.15) is 5.82 Å². The molecule has 5 nitrogen and oxygen atoms in total. The first-order chi connectivity index (χ1) is 11.2. The van der Waals surface area contributed by atoms with Crippen molar-refractivity contribution in [2.45, 2.75) is 57.6 Å². The average molecular weight is 321 g/mol. The van der Waals surface area contributed by atoms with Crippen LogP contribution < -0.4 is 10.6 Å². The van der Waals surface area contributed by atoms with Gasteiger partial charge in [0.25, 0.3) is 0 Å². The lowest BCUT2D eigenvalue weighted by Crippen LogP contribution is -2.47. The van der Waals surface area contributed by atoms with E-state index in [0.29, 0.717) is 24.3 Å². The molecule has 1 aromatic rings. The molecule has 1 aromatic carbocycles. The van der Waals surface area contributed by atoms with Crippen LogP contribution in [0, 0.1) is 5.82 Å². The van der Waals surface area contributed by atoms with E-state index in [0.717, 1.165) is 37.3 Å². The monoisotopic (exact) mass is 321 g/mol. The van der Waals surface area contributed by atoms with E-state index in [1.165, 1.54) is 6.07 Å². The van der Waals surface area contributed by atoms with E-state index < -0.39 is 0 Å². The first kappa shape index (κ1) is 16.2. The van der Waals surface area contributed by atoms with Gasteiger partial charge >= 0.3 is 0 Å². The molecule has 23 heavy (non-hydrogen) atoms. The van der Waals surface area contributed by atoms with Crippen molar-refractivity contribution >= 4 is 5.96 Å². The molecule has 2 aliphatic heterocycles. The SMILES string of the molecule is CCNC(=NCc1ccc(F)c(CO)c1)NC1CC2CCC1O2. The van der Waals surface area contributed by atoms with Gasteiger partial charge in [0, 0.05) is 12.1 Å². The van der Waals surface area contributed by atoms with Gasteiger partial charge in [-0.3, -0.25) is 0 Å². The predicted molar refractivity (Wildman–Crippen MR) is 86.6 cm³/mol. The van der Waals surface area contributed by atoms with E-state index in [1.54, 1.807) is 12.1 Å². The van der Waals surface area contributed by atoms with E-state index in [-0.39, 0.29) is 18.5 Å². The Hall–Kier alpha value is -1.66. The maximum absolute atomic E-state index is 13.4. The molecule has 3 atom stereocenters. The van der Waals surface area contributed by atoms with Crippen molar-refractivity contribution in [3.05, 3.63) is 35.1 Å². The molecule has 0 amide bonds. The van der Waals surface area contributed by atoms with Crippen LogP contribution in [0.5, 0.6) is 0 Å². The first-order valence-electron chi connectivity index (χ1n) is 8.28. The van der Waals surface area contributed by atoms with Crippen molar-refractivity contribution in [1.29, 1.82) is 0 Å². The molecule has 3 rings (SSSR count). The number of ether oxygens (including phenoxy) is 1. The van der Waals surface area contributed by atoms with Gasteiger partial charge in [-0.2, -0.15) is 0 Å². The number of fused-ring (bicyclic) bond motifs is 2. The highest BCUT2D eigenvalue weighted by molar-refractivity contribution is 5.80. The third kappa shape index (κ3) is 3.82. The molecule has 0 saturated carbocycles. The van der Waals surface area contributed by atoms with E-state index in [4.69, 9.17) is 9.84 Å². The van der Waals surface area contributed by atoms with Gasteiger partial charge in [0.15, 0.2) is 5.96 Å². The van der Waals surface area contributed by atoms with Gasteiger partial charge in [-0.15, -0.1) is 0 Å². The summed E-state index contributed by atoms with van der Waals surface area (Å²) in [7, 11) is 0. The molecule has 2 saturated heterocycles. The Balaban J connectivity index is 1.64. The van der Waals surface area contributed by atoms with Gasteiger partial charge < -0.3 is 20.5 Å². The highest BCUT2D eigenvalue weighted by Crippen LogP contribution is 2.34. The third-order valence-electron chi connectivity index (χ3n) is 4.47. The Morgan fingerprint density at radius 1 is 1.43 bits per heavy atom. The van der Waals surface area contributed by atoms with Gasteiger partial charge in [-0.05, 0) is 43.9 Å². The zero-order chi connectivity index (χ0) is 16.2. The topological polar surface area (TPSA) is 65.9 Å². The maximum Gasteiger partial charge on any atom is 0.191 e. The number of rotatable bonds is 5. The second-order valence-corrected chi connectivity index (χ2v) is 6.14. The van der Waals surface area contributed by atoms with Crippen LogP contribution in [0.1, 0.15) is 37.3 Å². The van der Waals surface area contributed by atoms with Gasteiger partial charge in [0.2, 0.25) is 0 Å². The molecule has 2 fully saturated rings. The van der Waals surface area contributed by atoms with Crippen LogP contribution >= 0.6 is 0 Å². The lowest BCUT2D eigenvalue weighted by atomic mass is 9.96. The Bertz CT molecular complexity index is 579. The number of aliphatic imine (C=N–C) groups is 1. The minimum Gasteiger partial charge on any atom is -0.392 e. The van der Waals surface area contributed by atoms with Crippen molar-refractivity contribution in [2.24, 2.45) is 4.99 Å². The fourth-order valence-corrected chi connectivity index (χ4v) is 3.30. The first-order valence-corrected chi connectivity index (χ1v) is 8.28. The molecule has 0 radical (unpaired) electrons. The summed E-state index contributed by atoms with van der Waals surface area (Å²) in [6, 6.07) is 5.04. The number of benzene rings is 1. The molecular weight excluding hydrogens is 297 g/mol. The fourth-order valence-electron chi connectivity index (χ4n) is 3.30. The Labute approximate surface area is 136 Å². The van der Waals surface area contributed by atoms with Crippen molar-refractivity contribution in [3.63, 3.8) is 0 Å². The summed E-state index contributed by atoms with van der Waals surface area (Å²) in [5, 5.41) is 15.8. The number of hydrogen-bond donors (Lipinski definition) is 3. The van der Waals surface area contributed by atoms with Crippen LogP contribution in [0.15, 0.2) is 23.2 Å². The highest BCUT2D eigenvalue weighted by Gasteiger charge is 2.41. The summed E-state index contributed by atoms with van der Waals surface area (Å²) in [5.74, 6) is 0.368. The summed E-state index contributed by atoms with van der Waals surface area (Å²) >= 11 is 0. The Morgan fingerprint density at radius 3 is 2.96 bits per heavy atom. The Kier molecular flexibility index (Phi) is 5.13. The molecule has 0 aliphatic carbocycles. The zero-order valence-electron chi connectivity index (χ0n) is 13.4. The normalized spacial score (nSPS) is 26.6. The third-order valence-corrected chi connectivity index (χ3v) is 4.47. The van der Waals surface area contributed by atoms with Crippen LogP contribution in [-0.4, -0.2) is 35.9 Å². The van der Waals surface area contributed by atoms with Crippen molar-refractivity contribution in [1.82, 2.24) is 10.6 Å². The number of nitrogens with zero attached hydrogens (tertiary/aromatic N) is 1. The summed E-state index contributed by atoms with van der Waals surface area (Å²) in [6.45, 7) is 2.93. The van der Waals surface area contributed by atoms with E-state index in [1.807, 2.05) is 6.92 Å². The lowest BCUT2D eigenvalue weighted by Gasteiger charge is -2.22. The number of nitrogens with one attached hydrogen (secondary N) is 2. The summed E-state index contributed by atoms with van der Waals surface area (Å²) in [5.41, 5.74) is 1.18. The standard InChI is InChI=1S/C17H24FN3O2/c1-2-19-17(21-15-8-13-4-6-16(15)23-13)20-9-11-3-5-14(18)12(7-11)10-22/h3,5,7,13,15-16,22H,2,4,6,8-10H2,1H3,(H2,19,20,21). The number of hydrogen-bond acceptors (Lipinski definition) is 3. The summed E-state index contributed by atoms with van der Waals surface area (Å²) in [4.78, 5) is 4.57. The summed E-state index contributed by atoms with van der Waals surface area (Å²) < 4.78 is 19.3. The van der Waals surface area contributed by atoms with Crippen LogP contribution in [-0.2, 0) is 17.9 Å². The number of aliphatic hydroxyl groups is 1. The average Bonchev–Trinajstić information content (AvgIpc) is 3.17.